The molecule has 4 nitrogen and oxygen atoms in total. The van der Waals surface area contributed by atoms with Gasteiger partial charge in [-0.15, -0.1) is 0 Å². The molecule has 106 valence electrons. The highest BCUT2D eigenvalue weighted by Crippen LogP contribution is 2.16. The fraction of sp³-hybridized carbons (Fsp3) is 0.600. The van der Waals surface area contributed by atoms with E-state index in [1.807, 2.05) is 41.9 Å². The normalized spacial score (nSPS) is 10.8. The predicted molar refractivity (Wildman–Crippen MR) is 79.3 cm³/mol. The molecule has 0 saturated carbocycles. The molecular weight excluding hydrogens is 236 g/mol. The highest BCUT2D eigenvalue weighted by Gasteiger charge is 2.07. The van der Waals surface area contributed by atoms with Gasteiger partial charge in [-0.05, 0) is 30.4 Å². The van der Waals surface area contributed by atoms with E-state index >= 15 is 0 Å². The van der Waals surface area contributed by atoms with Gasteiger partial charge in [0.05, 0.1) is 6.20 Å². The SMILES string of the molecule is CC(C)c1ccnn1C.Cc1cnn(C)c1C(C)C. The van der Waals surface area contributed by atoms with Crippen LogP contribution in [0.2, 0.25) is 0 Å². The molecule has 2 aromatic heterocycles. The van der Waals surface area contributed by atoms with E-state index in [-0.39, 0.29) is 0 Å². The highest BCUT2D eigenvalue weighted by molar-refractivity contribution is 5.18. The first kappa shape index (κ1) is 15.5. The third-order valence-corrected chi connectivity index (χ3v) is 3.17. The standard InChI is InChI=1S/C8H14N2.C7H12N2/c1-6(2)8-7(3)5-9-10(8)4;1-6(2)7-4-5-8-9(7)3/h5-6H,1-4H3;4-6H,1-3H3. The Morgan fingerprint density at radius 3 is 1.79 bits per heavy atom. The van der Waals surface area contributed by atoms with Crippen LogP contribution in [0.4, 0.5) is 0 Å². The van der Waals surface area contributed by atoms with E-state index in [9.17, 15) is 0 Å². The lowest BCUT2D eigenvalue weighted by atomic mass is 10.1. The molecule has 0 aliphatic rings. The maximum Gasteiger partial charge on any atom is 0.0521 e. The minimum Gasteiger partial charge on any atom is -0.272 e. The van der Waals surface area contributed by atoms with Crippen LogP contribution in [0.5, 0.6) is 0 Å². The van der Waals surface area contributed by atoms with Crippen molar-refractivity contribution in [2.24, 2.45) is 14.1 Å². The molecule has 2 heterocycles. The highest BCUT2D eigenvalue weighted by atomic mass is 15.3. The third kappa shape index (κ3) is 3.94. The van der Waals surface area contributed by atoms with Crippen LogP contribution in [0.1, 0.15) is 56.5 Å². The molecule has 2 rings (SSSR count). The van der Waals surface area contributed by atoms with Gasteiger partial charge in [0.1, 0.15) is 0 Å². The molecule has 0 aliphatic heterocycles. The smallest absolute Gasteiger partial charge is 0.0521 e. The summed E-state index contributed by atoms with van der Waals surface area (Å²) in [6.45, 7) is 10.8. The molecule has 0 atom stereocenters. The van der Waals surface area contributed by atoms with Crippen molar-refractivity contribution in [3.8, 4) is 0 Å². The van der Waals surface area contributed by atoms with E-state index in [0.717, 1.165) is 0 Å². The van der Waals surface area contributed by atoms with Gasteiger partial charge in [0, 0.05) is 31.7 Å². The lowest BCUT2D eigenvalue weighted by Crippen LogP contribution is -2.00. The fourth-order valence-corrected chi connectivity index (χ4v) is 2.34. The first-order valence-corrected chi connectivity index (χ1v) is 6.81. The van der Waals surface area contributed by atoms with Crippen LogP contribution in [0.25, 0.3) is 0 Å². The summed E-state index contributed by atoms with van der Waals surface area (Å²) in [6, 6.07) is 2.05. The molecule has 0 spiro atoms. The zero-order valence-electron chi connectivity index (χ0n) is 13.2. The Morgan fingerprint density at radius 2 is 1.58 bits per heavy atom. The van der Waals surface area contributed by atoms with Gasteiger partial charge in [0.15, 0.2) is 0 Å². The maximum atomic E-state index is 4.15. The maximum absolute atomic E-state index is 4.15. The number of aryl methyl sites for hydroxylation is 3. The summed E-state index contributed by atoms with van der Waals surface area (Å²) in [5.74, 6) is 1.16. The van der Waals surface area contributed by atoms with Crippen molar-refractivity contribution in [1.29, 1.82) is 0 Å². The van der Waals surface area contributed by atoms with Gasteiger partial charge in [-0.2, -0.15) is 10.2 Å². The van der Waals surface area contributed by atoms with Gasteiger partial charge in [-0.1, -0.05) is 27.7 Å². The Morgan fingerprint density at radius 1 is 0.947 bits per heavy atom. The average molecular weight is 262 g/mol. The van der Waals surface area contributed by atoms with Crippen molar-refractivity contribution in [3.05, 3.63) is 35.4 Å². The van der Waals surface area contributed by atoms with Crippen LogP contribution >= 0.6 is 0 Å². The summed E-state index contributed by atoms with van der Waals surface area (Å²) in [5.41, 5.74) is 3.91. The number of nitrogens with zero attached hydrogens (tertiary/aromatic N) is 4. The molecule has 0 bridgehead atoms. The molecule has 4 heteroatoms. The molecule has 19 heavy (non-hydrogen) atoms. The lowest BCUT2D eigenvalue weighted by Gasteiger charge is -2.05. The minimum atomic E-state index is 0.576. The zero-order valence-corrected chi connectivity index (χ0v) is 13.2. The average Bonchev–Trinajstić information content (AvgIpc) is 2.86. The molecule has 0 saturated heterocycles. The third-order valence-electron chi connectivity index (χ3n) is 3.17. The Bertz CT molecular complexity index is 486. The van der Waals surface area contributed by atoms with Gasteiger partial charge in [-0.3, -0.25) is 9.36 Å². The van der Waals surface area contributed by atoms with Crippen LogP contribution in [0, 0.1) is 6.92 Å². The number of hydrogen-bond acceptors (Lipinski definition) is 2. The van der Waals surface area contributed by atoms with Crippen LogP contribution in [-0.4, -0.2) is 19.6 Å². The zero-order chi connectivity index (χ0) is 14.6. The Labute approximate surface area is 116 Å². The van der Waals surface area contributed by atoms with Gasteiger partial charge < -0.3 is 0 Å². The summed E-state index contributed by atoms with van der Waals surface area (Å²) < 4.78 is 3.85. The molecule has 2 aromatic rings. The molecular formula is C15H26N4. The summed E-state index contributed by atoms with van der Waals surface area (Å²) in [5, 5.41) is 8.21. The lowest BCUT2D eigenvalue weighted by molar-refractivity contribution is 0.666. The second-order valence-electron chi connectivity index (χ2n) is 5.53. The molecule has 0 aromatic carbocycles. The monoisotopic (exact) mass is 262 g/mol. The van der Waals surface area contributed by atoms with Crippen LogP contribution in [0.15, 0.2) is 18.5 Å². The van der Waals surface area contributed by atoms with Gasteiger partial charge in [-0.25, -0.2) is 0 Å². The summed E-state index contributed by atoms with van der Waals surface area (Å²) in [6.07, 6.45) is 3.74. The van der Waals surface area contributed by atoms with Crippen molar-refractivity contribution < 1.29 is 0 Å². The largest absolute Gasteiger partial charge is 0.272 e. The molecule has 0 aliphatic carbocycles. The van der Waals surface area contributed by atoms with E-state index in [0.29, 0.717) is 11.8 Å². The van der Waals surface area contributed by atoms with E-state index < -0.39 is 0 Å². The molecule has 0 radical (unpaired) electrons. The Kier molecular flexibility index (Phi) is 5.33. The summed E-state index contributed by atoms with van der Waals surface area (Å²) in [7, 11) is 3.96. The first-order chi connectivity index (χ1) is 8.84. The minimum absolute atomic E-state index is 0.576. The summed E-state index contributed by atoms with van der Waals surface area (Å²) >= 11 is 0. The van der Waals surface area contributed by atoms with Crippen LogP contribution < -0.4 is 0 Å². The van der Waals surface area contributed by atoms with Crippen LogP contribution in [-0.2, 0) is 14.1 Å². The second kappa shape index (κ2) is 6.55. The Balaban J connectivity index is 0.000000191. The molecule has 0 amide bonds. The molecule has 0 unspecified atom stereocenters. The van der Waals surface area contributed by atoms with Gasteiger partial charge in [0.25, 0.3) is 0 Å². The quantitative estimate of drug-likeness (QED) is 0.831. The van der Waals surface area contributed by atoms with Crippen molar-refractivity contribution in [1.82, 2.24) is 19.6 Å². The van der Waals surface area contributed by atoms with Crippen LogP contribution in [0.3, 0.4) is 0 Å². The van der Waals surface area contributed by atoms with E-state index in [1.165, 1.54) is 17.0 Å². The van der Waals surface area contributed by atoms with Crippen molar-refractivity contribution in [2.75, 3.05) is 0 Å². The second-order valence-corrected chi connectivity index (χ2v) is 5.53. The summed E-state index contributed by atoms with van der Waals surface area (Å²) in [4.78, 5) is 0. The van der Waals surface area contributed by atoms with Crippen molar-refractivity contribution >= 4 is 0 Å². The van der Waals surface area contributed by atoms with Crippen molar-refractivity contribution in [2.45, 2.75) is 46.5 Å². The number of hydrogen-bond donors (Lipinski definition) is 0. The fourth-order valence-electron chi connectivity index (χ4n) is 2.34. The van der Waals surface area contributed by atoms with Gasteiger partial charge in [0.2, 0.25) is 0 Å². The van der Waals surface area contributed by atoms with Crippen molar-refractivity contribution in [3.63, 3.8) is 0 Å². The predicted octanol–water partition coefficient (Wildman–Crippen LogP) is 3.40. The molecule has 0 N–H and O–H groups in total. The Hall–Kier alpha value is -1.58. The van der Waals surface area contributed by atoms with E-state index in [4.69, 9.17) is 0 Å². The van der Waals surface area contributed by atoms with E-state index in [2.05, 4.69) is 44.8 Å². The van der Waals surface area contributed by atoms with E-state index in [1.54, 1.807) is 0 Å². The topological polar surface area (TPSA) is 35.6 Å². The number of aromatic nitrogens is 4. The molecule has 0 fully saturated rings. The van der Waals surface area contributed by atoms with Gasteiger partial charge >= 0.3 is 0 Å². The first-order valence-electron chi connectivity index (χ1n) is 6.81. The number of rotatable bonds is 2.